The molecule has 0 spiro atoms. The van der Waals surface area contributed by atoms with Gasteiger partial charge < -0.3 is 17.6 Å². The molecule has 0 saturated carbocycles. The fourth-order valence-electron chi connectivity index (χ4n) is 5.37. The van der Waals surface area contributed by atoms with Gasteiger partial charge in [0.2, 0.25) is 0 Å². The number of benzene rings is 1. The molecule has 4 rings (SSSR count). The Morgan fingerprint density at radius 3 is 2.17 bits per heavy atom. The van der Waals surface area contributed by atoms with Gasteiger partial charge in [-0.2, -0.15) is 0 Å². The summed E-state index contributed by atoms with van der Waals surface area (Å²) in [6.07, 6.45) is 1.48. The van der Waals surface area contributed by atoms with Crippen molar-refractivity contribution in [3.05, 3.63) is 73.7 Å². The summed E-state index contributed by atoms with van der Waals surface area (Å²) in [6.45, 7) is 7.77. The van der Waals surface area contributed by atoms with Crippen molar-refractivity contribution >= 4 is 34.2 Å². The summed E-state index contributed by atoms with van der Waals surface area (Å²) in [7, 11) is 0. The lowest BCUT2D eigenvalue weighted by atomic mass is 9.83. The number of fused-ring (bicyclic) bond motifs is 2. The Hall–Kier alpha value is -1.95. The van der Waals surface area contributed by atoms with Crippen LogP contribution < -0.4 is 0 Å². The smallest absolute Gasteiger partial charge is 0.393 e. The first kappa shape index (κ1) is 20.3. The molecule has 0 N–H and O–H groups in total. The zero-order valence-corrected chi connectivity index (χ0v) is 19.4. The molecule has 3 heterocycles. The molecular weight excluding hydrogens is 433 g/mol. The maximum atomic E-state index is 16.1. The third kappa shape index (κ3) is 2.61. The van der Waals surface area contributed by atoms with Crippen molar-refractivity contribution in [2.24, 2.45) is 0 Å². The molecule has 1 aromatic carbocycles. The standard InChI is InChI=1S/C23H26BBrF2N2/c1-7-19-13(3)22-21(17-9-11-18(25)12-10-17)23-14(4)20(8-2)16(6)29(23)24(26,27)28(22)15(19)5/h9-12H,7-8H2,1-6H3. The van der Waals surface area contributed by atoms with Crippen LogP contribution in [-0.2, 0) is 6.42 Å². The molecule has 2 aromatic rings. The predicted octanol–water partition coefficient (Wildman–Crippen LogP) is 6.64. The molecule has 29 heavy (non-hydrogen) atoms. The van der Waals surface area contributed by atoms with E-state index in [0.29, 0.717) is 22.8 Å². The highest BCUT2D eigenvalue weighted by Gasteiger charge is 2.56. The van der Waals surface area contributed by atoms with Crippen molar-refractivity contribution in [3.63, 3.8) is 0 Å². The van der Waals surface area contributed by atoms with Crippen molar-refractivity contribution in [2.45, 2.75) is 54.4 Å². The maximum absolute atomic E-state index is 16.1. The average molecular weight is 459 g/mol. The van der Waals surface area contributed by atoms with E-state index in [-0.39, 0.29) is 0 Å². The number of hydrogen-bond acceptors (Lipinski definition) is 0. The maximum Gasteiger partial charge on any atom is 0.737 e. The van der Waals surface area contributed by atoms with Gasteiger partial charge in [0.05, 0.1) is 5.57 Å². The Kier molecular flexibility index (Phi) is 4.77. The lowest BCUT2D eigenvalue weighted by Gasteiger charge is -2.34. The monoisotopic (exact) mass is 458 g/mol. The molecule has 0 unspecified atom stereocenters. The Bertz CT molecular complexity index is 1130. The average Bonchev–Trinajstić information content (AvgIpc) is 3.08. The molecule has 0 atom stereocenters. The second-order valence-corrected chi connectivity index (χ2v) is 8.91. The normalized spacial score (nSPS) is 18.0. The van der Waals surface area contributed by atoms with Gasteiger partial charge in [0, 0.05) is 28.2 Å². The first-order chi connectivity index (χ1) is 13.7. The Labute approximate surface area is 179 Å². The van der Waals surface area contributed by atoms with Gasteiger partial charge in [-0.15, -0.1) is 0 Å². The van der Waals surface area contributed by atoms with E-state index in [9.17, 15) is 0 Å². The topological polar surface area (TPSA) is 7.94 Å². The molecule has 0 amide bonds. The van der Waals surface area contributed by atoms with E-state index in [1.165, 1.54) is 8.96 Å². The molecule has 0 fully saturated rings. The zero-order valence-electron chi connectivity index (χ0n) is 17.8. The van der Waals surface area contributed by atoms with E-state index < -0.39 is 6.97 Å². The molecule has 152 valence electrons. The van der Waals surface area contributed by atoms with Crippen LogP contribution in [0.1, 0.15) is 62.2 Å². The number of aromatic nitrogens is 1. The minimum Gasteiger partial charge on any atom is -0.393 e. The lowest BCUT2D eigenvalue weighted by molar-refractivity contribution is -0.363. The van der Waals surface area contributed by atoms with Gasteiger partial charge in [0.1, 0.15) is 5.71 Å². The molecule has 0 aliphatic carbocycles. The molecule has 1 aromatic heterocycles. The molecular formula is C23H26BBrF2N2. The Balaban J connectivity index is 2.22. The van der Waals surface area contributed by atoms with Gasteiger partial charge in [-0.1, -0.05) is 41.9 Å². The van der Waals surface area contributed by atoms with Crippen LogP contribution in [-0.4, -0.2) is 21.6 Å². The van der Waals surface area contributed by atoms with Gasteiger partial charge in [-0.25, -0.2) is 0 Å². The largest absolute Gasteiger partial charge is 0.737 e. The van der Waals surface area contributed by atoms with Crippen molar-refractivity contribution in [1.29, 1.82) is 0 Å². The van der Waals surface area contributed by atoms with Gasteiger partial charge in [-0.05, 0) is 68.1 Å². The van der Waals surface area contributed by atoms with E-state index in [2.05, 4.69) is 15.9 Å². The van der Waals surface area contributed by atoms with E-state index in [0.717, 1.165) is 50.7 Å². The van der Waals surface area contributed by atoms with Gasteiger partial charge >= 0.3 is 6.97 Å². The van der Waals surface area contributed by atoms with Crippen LogP contribution >= 0.6 is 15.9 Å². The minimum atomic E-state index is -3.96. The van der Waals surface area contributed by atoms with Crippen molar-refractivity contribution in [1.82, 2.24) is 4.48 Å². The van der Waals surface area contributed by atoms with Gasteiger partial charge in [0.25, 0.3) is 0 Å². The lowest BCUT2D eigenvalue weighted by Crippen LogP contribution is -2.51. The minimum absolute atomic E-state index is 0.669. The molecule has 0 radical (unpaired) electrons. The highest BCUT2D eigenvalue weighted by atomic mass is 79.9. The number of hydrogen-bond donors (Lipinski definition) is 0. The number of nitrogens with zero attached hydrogens (tertiary/aromatic N) is 2. The summed E-state index contributed by atoms with van der Waals surface area (Å²) in [5.74, 6) is 0. The van der Waals surface area contributed by atoms with Crippen LogP contribution in [0, 0.1) is 13.8 Å². The third-order valence-corrected chi connectivity index (χ3v) is 7.16. The van der Waals surface area contributed by atoms with Crippen LogP contribution in [0.2, 0.25) is 0 Å². The summed E-state index contributed by atoms with van der Waals surface area (Å²) in [4.78, 5) is 0. The number of allylic oxidation sites excluding steroid dienone is 2. The van der Waals surface area contributed by atoms with Crippen LogP contribution in [0.4, 0.5) is 8.63 Å². The highest BCUT2D eigenvalue weighted by Crippen LogP contribution is 2.47. The number of halogens is 3. The summed E-state index contributed by atoms with van der Waals surface area (Å²) in [6, 6.07) is 8.00. The number of rotatable bonds is 3. The van der Waals surface area contributed by atoms with E-state index in [4.69, 9.17) is 0 Å². The molecule has 0 bridgehead atoms. The van der Waals surface area contributed by atoms with E-state index in [1.54, 1.807) is 0 Å². The van der Waals surface area contributed by atoms with Crippen molar-refractivity contribution < 1.29 is 13.1 Å². The van der Waals surface area contributed by atoms with E-state index >= 15 is 8.63 Å². The third-order valence-electron chi connectivity index (χ3n) is 6.63. The molecule has 2 aliphatic heterocycles. The van der Waals surface area contributed by atoms with Crippen LogP contribution in [0.5, 0.6) is 0 Å². The zero-order chi connectivity index (χ0) is 21.2. The molecule has 6 heteroatoms. The fourth-order valence-corrected chi connectivity index (χ4v) is 5.63. The van der Waals surface area contributed by atoms with Crippen LogP contribution in [0.25, 0.3) is 5.57 Å². The second-order valence-electron chi connectivity index (χ2n) is 7.99. The van der Waals surface area contributed by atoms with Crippen molar-refractivity contribution in [3.8, 4) is 0 Å². The SMILES string of the molecule is CCC1=C(C)C2=C(c3ccc(Br)cc3)c3c(C)c(CC)c(C)n3[B-](F)(F)[N+]2=C1C. The Morgan fingerprint density at radius 2 is 1.62 bits per heavy atom. The Morgan fingerprint density at radius 1 is 1.00 bits per heavy atom. The second kappa shape index (κ2) is 6.80. The fraction of sp³-hybridized carbons (Fsp3) is 0.348. The van der Waals surface area contributed by atoms with Gasteiger partial charge in [-0.3, -0.25) is 0 Å². The molecule has 2 nitrogen and oxygen atoms in total. The highest BCUT2D eigenvalue weighted by molar-refractivity contribution is 9.10. The summed E-state index contributed by atoms with van der Waals surface area (Å²) in [5.41, 5.74) is 8.53. The molecule has 0 saturated heterocycles. The molecule has 2 aliphatic rings. The summed E-state index contributed by atoms with van der Waals surface area (Å²) >= 11 is 3.50. The first-order valence-electron chi connectivity index (χ1n) is 10.2. The van der Waals surface area contributed by atoms with Gasteiger partial charge in [0.15, 0.2) is 5.70 Å². The van der Waals surface area contributed by atoms with Crippen LogP contribution in [0.15, 0.2) is 45.6 Å². The quantitative estimate of drug-likeness (QED) is 0.455. The predicted molar refractivity (Wildman–Crippen MR) is 121 cm³/mol. The summed E-state index contributed by atoms with van der Waals surface area (Å²) in [5, 5.41) is 0. The van der Waals surface area contributed by atoms with E-state index in [1.807, 2.05) is 65.8 Å². The summed E-state index contributed by atoms with van der Waals surface area (Å²) < 4.78 is 35.8. The van der Waals surface area contributed by atoms with Crippen molar-refractivity contribution in [2.75, 3.05) is 0 Å². The van der Waals surface area contributed by atoms with Crippen LogP contribution in [0.3, 0.4) is 0 Å². The first-order valence-corrected chi connectivity index (χ1v) is 11.0.